The number of hydrogen-bond donors (Lipinski definition) is 0. The van der Waals surface area contributed by atoms with Gasteiger partial charge in [-0.25, -0.2) is 0 Å². The molecule has 0 N–H and O–H groups in total. The molecule has 2 atom stereocenters. The minimum atomic E-state index is 0. The molecule has 1 aliphatic carbocycles. The summed E-state index contributed by atoms with van der Waals surface area (Å²) in [6.45, 7) is 1.84. The first-order valence-corrected chi connectivity index (χ1v) is 5.34. The van der Waals surface area contributed by atoms with Crippen molar-refractivity contribution in [2.24, 2.45) is 11.8 Å². The minimum absolute atomic E-state index is 0. The van der Waals surface area contributed by atoms with E-state index in [0.29, 0.717) is 5.78 Å². The second-order valence-electron chi connectivity index (χ2n) is 4.90. The number of Topliss-reactive ketones (excluding diaryl/α,β-unsaturated/α-hetero) is 1. The molecule has 0 heterocycles. The molecule has 3 nitrogen and oxygen atoms in total. The van der Waals surface area contributed by atoms with Gasteiger partial charge >= 0.3 is 0 Å². The topological polar surface area (TPSA) is 23.6 Å². The molecule has 0 saturated heterocycles. The fraction of sp³-hybridized carbons (Fsp3) is 0.909. The molecular weight excluding hydrogens is 247 g/mol. The highest BCUT2D eigenvalue weighted by molar-refractivity contribution is 5.86. The molecular formula is C11H24Cl2N2O. The Balaban J connectivity index is 0. The van der Waals surface area contributed by atoms with Crippen LogP contribution in [0.15, 0.2) is 0 Å². The Bertz CT molecular complexity index is 190. The summed E-state index contributed by atoms with van der Waals surface area (Å²) in [7, 11) is 8.14. The van der Waals surface area contributed by atoms with Crippen molar-refractivity contribution in [3.05, 3.63) is 0 Å². The van der Waals surface area contributed by atoms with Crippen molar-refractivity contribution in [2.45, 2.75) is 12.8 Å². The van der Waals surface area contributed by atoms with E-state index in [9.17, 15) is 4.79 Å². The number of carbonyl (C=O) groups excluding carboxylic acids is 1. The van der Waals surface area contributed by atoms with Gasteiger partial charge in [-0.15, -0.1) is 24.8 Å². The van der Waals surface area contributed by atoms with Crippen LogP contribution in [0.1, 0.15) is 12.8 Å². The Morgan fingerprint density at radius 3 is 1.50 bits per heavy atom. The number of rotatable bonds is 4. The maximum atomic E-state index is 11.9. The van der Waals surface area contributed by atoms with Crippen LogP contribution >= 0.6 is 24.8 Å². The molecule has 0 spiro atoms. The number of nitrogens with zero attached hydrogens (tertiary/aromatic N) is 2. The van der Waals surface area contributed by atoms with Gasteiger partial charge in [0.25, 0.3) is 0 Å². The van der Waals surface area contributed by atoms with E-state index >= 15 is 0 Å². The minimum Gasteiger partial charge on any atom is -0.309 e. The van der Waals surface area contributed by atoms with Gasteiger partial charge in [-0.3, -0.25) is 4.79 Å². The molecule has 0 bridgehead atoms. The number of hydrogen-bond acceptors (Lipinski definition) is 3. The molecule has 0 aromatic rings. The monoisotopic (exact) mass is 270 g/mol. The van der Waals surface area contributed by atoms with E-state index in [1.54, 1.807) is 0 Å². The summed E-state index contributed by atoms with van der Waals surface area (Å²) in [6.07, 6.45) is 2.16. The van der Waals surface area contributed by atoms with Crippen LogP contribution in [0.5, 0.6) is 0 Å². The summed E-state index contributed by atoms with van der Waals surface area (Å²) in [5, 5.41) is 0. The second-order valence-corrected chi connectivity index (χ2v) is 4.90. The Kier molecular flexibility index (Phi) is 9.60. The van der Waals surface area contributed by atoms with Gasteiger partial charge in [-0.1, -0.05) is 0 Å². The highest BCUT2D eigenvalue weighted by Gasteiger charge is 2.34. The van der Waals surface area contributed by atoms with Gasteiger partial charge in [0.05, 0.1) is 0 Å². The van der Waals surface area contributed by atoms with Gasteiger partial charge in [0, 0.05) is 24.9 Å². The first-order chi connectivity index (χ1) is 6.50. The molecule has 16 heavy (non-hydrogen) atoms. The standard InChI is InChI=1S/C11H22N2O.2ClH/c1-12(2)7-9-5-6-10(11(9)14)8-13(3)4;;/h9-10H,5-8H2,1-4H3;2*1H/t9-,10+;;. The Labute approximate surface area is 111 Å². The van der Waals surface area contributed by atoms with Crippen molar-refractivity contribution in [3.8, 4) is 0 Å². The van der Waals surface area contributed by atoms with E-state index in [4.69, 9.17) is 0 Å². The molecule has 1 fully saturated rings. The first kappa shape index (κ1) is 18.5. The second kappa shape index (κ2) is 8.29. The third-order valence-corrected chi connectivity index (χ3v) is 2.84. The fourth-order valence-corrected chi connectivity index (χ4v) is 2.26. The SMILES string of the molecule is CN(C)C[C@H]1CC[C@@H](CN(C)C)C1=O.Cl.Cl. The van der Waals surface area contributed by atoms with Crippen molar-refractivity contribution in [1.82, 2.24) is 9.80 Å². The maximum Gasteiger partial charge on any atom is 0.141 e. The molecule has 98 valence electrons. The van der Waals surface area contributed by atoms with E-state index in [0.717, 1.165) is 25.9 Å². The molecule has 0 radical (unpaired) electrons. The Morgan fingerprint density at radius 2 is 1.25 bits per heavy atom. The first-order valence-electron chi connectivity index (χ1n) is 5.34. The molecule has 0 amide bonds. The maximum absolute atomic E-state index is 11.9. The van der Waals surface area contributed by atoms with Crippen molar-refractivity contribution >= 4 is 30.6 Å². The number of ketones is 1. The Morgan fingerprint density at radius 1 is 0.938 bits per heavy atom. The summed E-state index contributed by atoms with van der Waals surface area (Å²) in [4.78, 5) is 16.1. The van der Waals surface area contributed by atoms with E-state index in [-0.39, 0.29) is 36.6 Å². The Hall–Kier alpha value is 0.170. The van der Waals surface area contributed by atoms with Crippen molar-refractivity contribution in [3.63, 3.8) is 0 Å². The third kappa shape index (κ3) is 5.48. The zero-order chi connectivity index (χ0) is 10.7. The zero-order valence-electron chi connectivity index (χ0n) is 10.6. The normalized spacial score (nSPS) is 24.5. The largest absolute Gasteiger partial charge is 0.309 e. The van der Waals surface area contributed by atoms with Crippen LogP contribution in [-0.4, -0.2) is 56.9 Å². The van der Waals surface area contributed by atoms with Crippen LogP contribution in [0.4, 0.5) is 0 Å². The number of halogens is 2. The summed E-state index contributed by atoms with van der Waals surface area (Å²) < 4.78 is 0. The van der Waals surface area contributed by atoms with Crippen molar-refractivity contribution in [1.29, 1.82) is 0 Å². The van der Waals surface area contributed by atoms with Gasteiger partial charge in [0.1, 0.15) is 5.78 Å². The van der Waals surface area contributed by atoms with Crippen LogP contribution in [0.25, 0.3) is 0 Å². The van der Waals surface area contributed by atoms with Crippen LogP contribution in [-0.2, 0) is 4.79 Å². The average Bonchev–Trinajstić information content (AvgIpc) is 2.34. The number of carbonyl (C=O) groups is 1. The lowest BCUT2D eigenvalue weighted by Gasteiger charge is -2.17. The molecule has 0 unspecified atom stereocenters. The third-order valence-electron chi connectivity index (χ3n) is 2.84. The molecule has 1 rings (SSSR count). The highest BCUT2D eigenvalue weighted by atomic mass is 35.5. The molecule has 0 aromatic heterocycles. The van der Waals surface area contributed by atoms with Gasteiger partial charge in [0.2, 0.25) is 0 Å². The van der Waals surface area contributed by atoms with Crippen LogP contribution < -0.4 is 0 Å². The molecule has 1 saturated carbocycles. The van der Waals surface area contributed by atoms with Crippen LogP contribution in [0, 0.1) is 11.8 Å². The molecule has 1 aliphatic rings. The van der Waals surface area contributed by atoms with Crippen molar-refractivity contribution in [2.75, 3.05) is 41.3 Å². The van der Waals surface area contributed by atoms with Gasteiger partial charge < -0.3 is 9.80 Å². The van der Waals surface area contributed by atoms with Gasteiger partial charge in [-0.2, -0.15) is 0 Å². The van der Waals surface area contributed by atoms with Crippen LogP contribution in [0.2, 0.25) is 0 Å². The summed E-state index contributed by atoms with van der Waals surface area (Å²) in [5.74, 6) is 1.05. The quantitative estimate of drug-likeness (QED) is 0.775. The highest BCUT2D eigenvalue weighted by Crippen LogP contribution is 2.27. The smallest absolute Gasteiger partial charge is 0.141 e. The van der Waals surface area contributed by atoms with Gasteiger partial charge in [-0.05, 0) is 41.0 Å². The average molecular weight is 271 g/mol. The zero-order valence-corrected chi connectivity index (χ0v) is 12.2. The summed E-state index contributed by atoms with van der Waals surface area (Å²) >= 11 is 0. The predicted octanol–water partition coefficient (Wildman–Crippen LogP) is 1.55. The molecule has 5 heteroatoms. The summed E-state index contributed by atoms with van der Waals surface area (Å²) in [6, 6.07) is 0. The summed E-state index contributed by atoms with van der Waals surface area (Å²) in [5.41, 5.74) is 0. The lowest BCUT2D eigenvalue weighted by Crippen LogP contribution is -2.30. The molecule has 0 aromatic carbocycles. The van der Waals surface area contributed by atoms with Crippen molar-refractivity contribution < 1.29 is 4.79 Å². The predicted molar refractivity (Wildman–Crippen MR) is 72.8 cm³/mol. The molecule has 0 aliphatic heterocycles. The van der Waals surface area contributed by atoms with E-state index in [2.05, 4.69) is 9.80 Å². The van der Waals surface area contributed by atoms with Gasteiger partial charge in [0.15, 0.2) is 0 Å². The lowest BCUT2D eigenvalue weighted by molar-refractivity contribution is -0.124. The lowest BCUT2D eigenvalue weighted by atomic mass is 10.0. The van der Waals surface area contributed by atoms with E-state index in [1.807, 2.05) is 28.2 Å². The fourth-order valence-electron chi connectivity index (χ4n) is 2.26. The van der Waals surface area contributed by atoms with E-state index < -0.39 is 0 Å². The van der Waals surface area contributed by atoms with Crippen LogP contribution in [0.3, 0.4) is 0 Å². The van der Waals surface area contributed by atoms with E-state index in [1.165, 1.54) is 0 Å².